The van der Waals surface area contributed by atoms with Crippen molar-refractivity contribution >= 4 is 23.6 Å². The Balaban J connectivity index is 1.90. The molecule has 11 heteroatoms. The van der Waals surface area contributed by atoms with Crippen molar-refractivity contribution in [3.63, 3.8) is 0 Å². The molecule has 0 saturated heterocycles. The normalized spacial score (nSPS) is 16.8. The highest BCUT2D eigenvalue weighted by Crippen LogP contribution is 2.33. The van der Waals surface area contributed by atoms with Crippen LogP contribution in [-0.4, -0.2) is 41.6 Å². The number of carbonyl (C=O) groups excluding carboxylic acids is 3. The molecule has 1 aliphatic heterocycles. The van der Waals surface area contributed by atoms with Gasteiger partial charge in [-0.15, -0.1) is 0 Å². The monoisotopic (exact) mass is 551 g/mol. The molecule has 0 aromatic heterocycles. The number of amides is 3. The SMILES string of the molecule is CC(C)N1C(=O)[C@H](NC(=O)[C@@H](Cc2ccccc2C(F)(F)F)NC(=O)OC(C)(C)C)CCc2cc(F)ccc21. The number of alkyl carbamates (subject to hydrolysis) is 1. The zero-order chi connectivity index (χ0) is 29.1. The molecule has 39 heavy (non-hydrogen) atoms. The largest absolute Gasteiger partial charge is 0.444 e. The quantitative estimate of drug-likeness (QED) is 0.486. The predicted molar refractivity (Wildman–Crippen MR) is 138 cm³/mol. The van der Waals surface area contributed by atoms with Crippen LogP contribution >= 0.6 is 0 Å². The zero-order valence-corrected chi connectivity index (χ0v) is 22.5. The highest BCUT2D eigenvalue weighted by molar-refractivity contribution is 6.01. The summed E-state index contributed by atoms with van der Waals surface area (Å²) in [6.07, 6.45) is -5.77. The van der Waals surface area contributed by atoms with Gasteiger partial charge in [-0.3, -0.25) is 9.59 Å². The number of nitrogens with zero attached hydrogens (tertiary/aromatic N) is 1. The Hall–Kier alpha value is -3.63. The summed E-state index contributed by atoms with van der Waals surface area (Å²) < 4.78 is 60.1. The van der Waals surface area contributed by atoms with E-state index in [-0.39, 0.29) is 24.4 Å². The first-order chi connectivity index (χ1) is 18.1. The molecule has 212 valence electrons. The third kappa shape index (κ3) is 7.70. The fourth-order valence-corrected chi connectivity index (χ4v) is 4.49. The minimum atomic E-state index is -4.68. The number of halogens is 4. The molecule has 0 spiro atoms. The number of rotatable bonds is 6. The van der Waals surface area contributed by atoms with Crippen molar-refractivity contribution in [1.29, 1.82) is 0 Å². The van der Waals surface area contributed by atoms with Crippen molar-refractivity contribution in [2.24, 2.45) is 0 Å². The molecule has 0 radical (unpaired) electrons. The maximum atomic E-state index is 13.9. The molecule has 3 rings (SSSR count). The van der Waals surface area contributed by atoms with Crippen LogP contribution in [0.2, 0.25) is 0 Å². The van der Waals surface area contributed by atoms with E-state index >= 15 is 0 Å². The molecular formula is C28H33F4N3O4. The van der Waals surface area contributed by atoms with Crippen molar-refractivity contribution in [3.05, 3.63) is 65.0 Å². The van der Waals surface area contributed by atoms with E-state index in [9.17, 15) is 31.9 Å². The number of nitrogens with one attached hydrogen (secondary N) is 2. The molecule has 2 aromatic carbocycles. The zero-order valence-electron chi connectivity index (χ0n) is 22.5. The van der Waals surface area contributed by atoms with Crippen molar-refractivity contribution in [3.8, 4) is 0 Å². The number of aryl methyl sites for hydroxylation is 1. The van der Waals surface area contributed by atoms with Gasteiger partial charge < -0.3 is 20.3 Å². The number of carbonyl (C=O) groups is 3. The summed E-state index contributed by atoms with van der Waals surface area (Å²) in [4.78, 5) is 40.9. The van der Waals surface area contributed by atoms with Crippen LogP contribution in [0.25, 0.3) is 0 Å². The van der Waals surface area contributed by atoms with Crippen LogP contribution in [0.5, 0.6) is 0 Å². The summed E-state index contributed by atoms with van der Waals surface area (Å²) >= 11 is 0. The molecular weight excluding hydrogens is 518 g/mol. The second-order valence-corrected chi connectivity index (χ2v) is 10.7. The Morgan fingerprint density at radius 2 is 1.77 bits per heavy atom. The molecule has 1 aliphatic rings. The van der Waals surface area contributed by atoms with E-state index in [0.717, 1.165) is 6.07 Å². The van der Waals surface area contributed by atoms with Gasteiger partial charge in [-0.25, -0.2) is 9.18 Å². The van der Waals surface area contributed by atoms with Gasteiger partial charge in [-0.2, -0.15) is 13.2 Å². The second-order valence-electron chi connectivity index (χ2n) is 10.7. The van der Waals surface area contributed by atoms with E-state index in [1.807, 2.05) is 0 Å². The lowest BCUT2D eigenvalue weighted by Gasteiger charge is -2.30. The Kier molecular flexibility index (Phi) is 8.92. The fraction of sp³-hybridized carbons (Fsp3) is 0.464. The van der Waals surface area contributed by atoms with E-state index in [1.54, 1.807) is 34.6 Å². The summed E-state index contributed by atoms with van der Waals surface area (Å²) in [7, 11) is 0. The summed E-state index contributed by atoms with van der Waals surface area (Å²) in [6, 6.07) is 5.98. The van der Waals surface area contributed by atoms with Crippen molar-refractivity contribution in [2.75, 3.05) is 4.90 Å². The third-order valence-electron chi connectivity index (χ3n) is 6.13. The first kappa shape index (κ1) is 29.9. The van der Waals surface area contributed by atoms with Gasteiger partial charge in [0.05, 0.1) is 5.56 Å². The number of ether oxygens (including phenoxy) is 1. The number of hydrogen-bond donors (Lipinski definition) is 2. The Morgan fingerprint density at radius 3 is 2.38 bits per heavy atom. The third-order valence-corrected chi connectivity index (χ3v) is 6.13. The van der Waals surface area contributed by atoms with E-state index in [1.165, 1.54) is 41.3 Å². The van der Waals surface area contributed by atoms with Crippen LogP contribution in [0.15, 0.2) is 42.5 Å². The topological polar surface area (TPSA) is 87.7 Å². The molecule has 0 bridgehead atoms. The van der Waals surface area contributed by atoms with Crippen LogP contribution < -0.4 is 15.5 Å². The summed E-state index contributed by atoms with van der Waals surface area (Å²) in [5, 5.41) is 4.98. The lowest BCUT2D eigenvalue weighted by atomic mass is 9.98. The Labute approximate surface area is 224 Å². The second kappa shape index (κ2) is 11.6. The first-order valence-electron chi connectivity index (χ1n) is 12.6. The Bertz CT molecular complexity index is 1220. The highest BCUT2D eigenvalue weighted by atomic mass is 19.4. The van der Waals surface area contributed by atoms with Gasteiger partial charge in [0.25, 0.3) is 0 Å². The smallest absolute Gasteiger partial charge is 0.416 e. The van der Waals surface area contributed by atoms with Crippen LogP contribution in [0, 0.1) is 5.82 Å². The van der Waals surface area contributed by atoms with Crippen LogP contribution in [-0.2, 0) is 33.3 Å². The lowest BCUT2D eigenvalue weighted by Crippen LogP contribution is -2.56. The minimum absolute atomic E-state index is 0.128. The van der Waals surface area contributed by atoms with Crippen LogP contribution in [0.4, 0.5) is 28.0 Å². The molecule has 0 fully saturated rings. The molecule has 2 atom stereocenters. The van der Waals surface area contributed by atoms with Crippen molar-refractivity contribution < 1.29 is 36.7 Å². The standard InChI is InChI=1S/C28H33F4N3O4/c1-16(2)35-23-13-11-19(29)14-18(23)10-12-21(25(35)37)33-24(36)22(34-26(38)39-27(3,4)5)15-17-8-6-7-9-20(17)28(30,31)32/h6-9,11,13-14,16,21-22H,10,12,15H2,1-5H3,(H,33,36)(H,34,38)/t21-,22-/m1/s1. The van der Waals surface area contributed by atoms with Crippen LogP contribution in [0.1, 0.15) is 57.7 Å². The molecule has 0 saturated carbocycles. The van der Waals surface area contributed by atoms with Crippen LogP contribution in [0.3, 0.4) is 0 Å². The van der Waals surface area contributed by atoms with E-state index < -0.39 is 59.6 Å². The summed E-state index contributed by atoms with van der Waals surface area (Å²) in [5.41, 5.74) is -0.958. The number of benzene rings is 2. The molecule has 3 amide bonds. The van der Waals surface area contributed by atoms with Gasteiger partial charge in [0.15, 0.2) is 0 Å². The van der Waals surface area contributed by atoms with Gasteiger partial charge in [0.2, 0.25) is 11.8 Å². The van der Waals surface area contributed by atoms with Gasteiger partial charge >= 0.3 is 12.3 Å². The van der Waals surface area contributed by atoms with Gasteiger partial charge in [-0.1, -0.05) is 18.2 Å². The minimum Gasteiger partial charge on any atom is -0.444 e. The fourth-order valence-electron chi connectivity index (χ4n) is 4.49. The number of alkyl halides is 3. The lowest BCUT2D eigenvalue weighted by molar-refractivity contribution is -0.138. The maximum absolute atomic E-state index is 13.9. The number of anilines is 1. The van der Waals surface area contributed by atoms with E-state index in [0.29, 0.717) is 11.3 Å². The van der Waals surface area contributed by atoms with E-state index in [2.05, 4.69) is 10.6 Å². The molecule has 1 heterocycles. The van der Waals surface area contributed by atoms with Crippen molar-refractivity contribution in [2.45, 2.75) is 83.8 Å². The molecule has 2 N–H and O–H groups in total. The first-order valence-corrected chi connectivity index (χ1v) is 12.6. The molecule has 0 aliphatic carbocycles. The average Bonchev–Trinajstić information content (AvgIpc) is 2.93. The molecule has 2 aromatic rings. The molecule has 0 unspecified atom stereocenters. The molecule has 7 nitrogen and oxygen atoms in total. The number of fused-ring (bicyclic) bond motifs is 1. The highest BCUT2D eigenvalue weighted by Gasteiger charge is 2.37. The summed E-state index contributed by atoms with van der Waals surface area (Å²) in [5.74, 6) is -1.76. The predicted octanol–water partition coefficient (Wildman–Crippen LogP) is 5.15. The van der Waals surface area contributed by atoms with Crippen molar-refractivity contribution in [1.82, 2.24) is 10.6 Å². The van der Waals surface area contributed by atoms with Gasteiger partial charge in [-0.05, 0) is 82.9 Å². The maximum Gasteiger partial charge on any atom is 0.416 e. The summed E-state index contributed by atoms with van der Waals surface area (Å²) in [6.45, 7) is 8.36. The number of hydrogen-bond acceptors (Lipinski definition) is 4. The van der Waals surface area contributed by atoms with Gasteiger partial charge in [0.1, 0.15) is 23.5 Å². The van der Waals surface area contributed by atoms with E-state index in [4.69, 9.17) is 4.74 Å². The Morgan fingerprint density at radius 1 is 1.10 bits per heavy atom. The van der Waals surface area contributed by atoms with Gasteiger partial charge in [0, 0.05) is 18.2 Å². The average molecular weight is 552 g/mol.